The zero-order valence-corrected chi connectivity index (χ0v) is 38.0. The van der Waals surface area contributed by atoms with E-state index >= 15 is 0 Å². The number of anilines is 3. The minimum atomic E-state index is 0.0847. The third-order valence-corrected chi connectivity index (χ3v) is 15.0. The average molecular weight is 871 g/mol. The Kier molecular flexibility index (Phi) is 9.79. The summed E-state index contributed by atoms with van der Waals surface area (Å²) in [4.78, 5) is 2.51. The van der Waals surface area contributed by atoms with Gasteiger partial charge in [-0.1, -0.05) is 213 Å². The molecule has 2 aliphatic rings. The molecule has 13 rings (SSSR count). The lowest BCUT2D eigenvalue weighted by atomic mass is 9.68. The maximum atomic E-state index is 2.51. The second-order valence-corrected chi connectivity index (χ2v) is 18.7. The van der Waals surface area contributed by atoms with E-state index in [1.807, 2.05) is 0 Å². The first-order chi connectivity index (χ1) is 33.7. The van der Waals surface area contributed by atoms with Gasteiger partial charge in [0.25, 0.3) is 0 Å². The van der Waals surface area contributed by atoms with E-state index in [0.29, 0.717) is 0 Å². The van der Waals surface area contributed by atoms with Crippen molar-refractivity contribution in [3.05, 3.63) is 254 Å². The van der Waals surface area contributed by atoms with Crippen molar-refractivity contribution < 1.29 is 0 Å². The van der Waals surface area contributed by atoms with Crippen LogP contribution in [-0.2, 0) is 5.41 Å². The number of hydrogen-bond donors (Lipinski definition) is 0. The number of para-hydroxylation sites is 4. The van der Waals surface area contributed by atoms with Crippen LogP contribution in [0.25, 0.3) is 83.1 Å². The summed E-state index contributed by atoms with van der Waals surface area (Å²) in [5.74, 6) is 0. The molecule has 1 fully saturated rings. The number of aromatic nitrogens is 1. The predicted octanol–water partition coefficient (Wildman–Crippen LogP) is 18.2. The van der Waals surface area contributed by atoms with E-state index in [1.165, 1.54) is 121 Å². The Bertz CT molecular complexity index is 3650. The Labute approximate surface area is 399 Å². The van der Waals surface area contributed by atoms with Crippen molar-refractivity contribution in [3.8, 4) is 61.3 Å². The Morgan fingerprint density at radius 1 is 0.338 bits per heavy atom. The van der Waals surface area contributed by atoms with Gasteiger partial charge in [-0.05, 0) is 117 Å². The molecule has 2 nitrogen and oxygen atoms in total. The highest BCUT2D eigenvalue weighted by Crippen LogP contribution is 2.57. The van der Waals surface area contributed by atoms with Gasteiger partial charge in [-0.25, -0.2) is 0 Å². The largest absolute Gasteiger partial charge is 0.310 e. The standard InChI is InChI=1S/C66H50N2/c1-4-21-46(22-5-1)51-25-8-9-26-53(51)54-27-10-11-28-55(54)57-30-13-16-35-63(57)67(50-41-42-62-60(45-50)56-29-12-15-34-61(56)66(62)43-18-3-19-44-66)49-39-37-47(38-40-49)52-32-20-33-59-58-31-14-17-36-64(58)68(65(52)59)48-23-6-2-7-24-48/h1-2,4-17,20-42,45H,3,18-19,43-44H2. The molecule has 0 N–H and O–H groups in total. The van der Waals surface area contributed by atoms with Crippen molar-refractivity contribution in [2.75, 3.05) is 4.90 Å². The molecule has 1 aromatic heterocycles. The van der Waals surface area contributed by atoms with E-state index in [1.54, 1.807) is 0 Å². The zero-order chi connectivity index (χ0) is 45.0. The summed E-state index contributed by atoms with van der Waals surface area (Å²) >= 11 is 0. The molecule has 0 atom stereocenters. The molecule has 2 heteroatoms. The Hall–Kier alpha value is -8.20. The van der Waals surface area contributed by atoms with Gasteiger partial charge in [0.2, 0.25) is 0 Å². The molecule has 1 saturated carbocycles. The van der Waals surface area contributed by atoms with Crippen LogP contribution < -0.4 is 4.90 Å². The molecule has 0 bridgehead atoms. The first-order valence-corrected chi connectivity index (χ1v) is 24.3. The molecule has 68 heavy (non-hydrogen) atoms. The van der Waals surface area contributed by atoms with Crippen LogP contribution in [0, 0.1) is 0 Å². The Morgan fingerprint density at radius 3 is 1.63 bits per heavy atom. The van der Waals surface area contributed by atoms with Crippen molar-refractivity contribution >= 4 is 38.9 Å². The fourth-order valence-corrected chi connectivity index (χ4v) is 12.0. The lowest BCUT2D eigenvalue weighted by Gasteiger charge is -2.36. The normalized spacial score (nSPS) is 13.7. The molecule has 0 saturated heterocycles. The molecule has 0 aliphatic heterocycles. The molecule has 1 spiro atoms. The minimum absolute atomic E-state index is 0.0847. The third-order valence-electron chi connectivity index (χ3n) is 15.0. The van der Waals surface area contributed by atoms with Crippen LogP contribution >= 0.6 is 0 Å². The Balaban J connectivity index is 1.01. The average Bonchev–Trinajstić information content (AvgIpc) is 3.89. The monoisotopic (exact) mass is 870 g/mol. The van der Waals surface area contributed by atoms with Crippen molar-refractivity contribution in [1.29, 1.82) is 0 Å². The van der Waals surface area contributed by atoms with Crippen molar-refractivity contribution in [2.45, 2.75) is 37.5 Å². The molecule has 0 radical (unpaired) electrons. The summed E-state index contributed by atoms with van der Waals surface area (Å²) in [6.45, 7) is 0. The van der Waals surface area contributed by atoms with Crippen LogP contribution in [-0.4, -0.2) is 4.57 Å². The van der Waals surface area contributed by atoms with Gasteiger partial charge in [-0.3, -0.25) is 0 Å². The minimum Gasteiger partial charge on any atom is -0.310 e. The van der Waals surface area contributed by atoms with Crippen molar-refractivity contribution in [3.63, 3.8) is 0 Å². The third kappa shape index (κ3) is 6.47. The van der Waals surface area contributed by atoms with Crippen LogP contribution in [0.5, 0.6) is 0 Å². The maximum absolute atomic E-state index is 2.51. The summed E-state index contributed by atoms with van der Waals surface area (Å²) in [6.07, 6.45) is 6.28. The summed E-state index contributed by atoms with van der Waals surface area (Å²) in [5.41, 5.74) is 22.4. The van der Waals surface area contributed by atoms with E-state index in [0.717, 1.165) is 22.7 Å². The van der Waals surface area contributed by atoms with Crippen molar-refractivity contribution in [1.82, 2.24) is 4.57 Å². The number of nitrogens with zero attached hydrogens (tertiary/aromatic N) is 2. The van der Waals surface area contributed by atoms with Gasteiger partial charge < -0.3 is 9.47 Å². The summed E-state index contributed by atoms with van der Waals surface area (Å²) in [6, 6.07) is 89.9. The molecule has 11 aromatic rings. The highest BCUT2D eigenvalue weighted by Gasteiger charge is 2.43. The van der Waals surface area contributed by atoms with Gasteiger partial charge in [0, 0.05) is 44.4 Å². The lowest BCUT2D eigenvalue weighted by Crippen LogP contribution is -2.28. The van der Waals surface area contributed by atoms with E-state index in [9.17, 15) is 0 Å². The molecule has 0 amide bonds. The number of benzene rings is 10. The molecule has 10 aromatic carbocycles. The molecule has 324 valence electrons. The van der Waals surface area contributed by atoms with Gasteiger partial charge in [-0.15, -0.1) is 0 Å². The maximum Gasteiger partial charge on any atom is 0.0619 e. The van der Waals surface area contributed by atoms with Crippen LogP contribution in [0.4, 0.5) is 17.1 Å². The van der Waals surface area contributed by atoms with Gasteiger partial charge in [-0.2, -0.15) is 0 Å². The van der Waals surface area contributed by atoms with Gasteiger partial charge in [0.1, 0.15) is 0 Å². The fraction of sp³-hybridized carbons (Fsp3) is 0.0909. The second-order valence-electron chi connectivity index (χ2n) is 18.7. The van der Waals surface area contributed by atoms with Crippen molar-refractivity contribution in [2.24, 2.45) is 0 Å². The SMILES string of the molecule is c1ccc(-c2ccccc2-c2ccccc2-c2ccccc2N(c2ccc(-c3cccc4c5ccccc5n(-c5ccccc5)c34)cc2)c2ccc3c(c2)-c2ccccc2C32CCCCC2)cc1. The van der Waals surface area contributed by atoms with Crippen LogP contribution in [0.3, 0.4) is 0 Å². The van der Waals surface area contributed by atoms with Gasteiger partial charge in [0.15, 0.2) is 0 Å². The molecule has 1 heterocycles. The quantitative estimate of drug-likeness (QED) is 0.148. The molecule has 2 aliphatic carbocycles. The number of fused-ring (bicyclic) bond motifs is 8. The van der Waals surface area contributed by atoms with Crippen LogP contribution in [0.15, 0.2) is 243 Å². The summed E-state index contributed by atoms with van der Waals surface area (Å²) < 4.78 is 2.44. The predicted molar refractivity (Wildman–Crippen MR) is 287 cm³/mol. The number of rotatable bonds is 8. The molecular formula is C66H50N2. The van der Waals surface area contributed by atoms with Crippen LogP contribution in [0.1, 0.15) is 43.2 Å². The molecule has 0 unspecified atom stereocenters. The van der Waals surface area contributed by atoms with Crippen LogP contribution in [0.2, 0.25) is 0 Å². The fourth-order valence-electron chi connectivity index (χ4n) is 12.0. The van der Waals surface area contributed by atoms with E-state index in [4.69, 9.17) is 0 Å². The highest BCUT2D eigenvalue weighted by molar-refractivity contribution is 6.14. The van der Waals surface area contributed by atoms with E-state index in [-0.39, 0.29) is 5.41 Å². The highest BCUT2D eigenvalue weighted by atomic mass is 15.1. The van der Waals surface area contributed by atoms with Gasteiger partial charge in [0.05, 0.1) is 16.7 Å². The Morgan fingerprint density at radius 2 is 0.868 bits per heavy atom. The first kappa shape index (κ1) is 40.1. The van der Waals surface area contributed by atoms with E-state index in [2.05, 4.69) is 252 Å². The molecular weight excluding hydrogens is 821 g/mol. The van der Waals surface area contributed by atoms with E-state index < -0.39 is 0 Å². The second kappa shape index (κ2) is 16.6. The smallest absolute Gasteiger partial charge is 0.0619 e. The zero-order valence-electron chi connectivity index (χ0n) is 38.0. The number of hydrogen-bond acceptors (Lipinski definition) is 1. The first-order valence-electron chi connectivity index (χ1n) is 24.3. The topological polar surface area (TPSA) is 8.17 Å². The summed E-state index contributed by atoms with van der Waals surface area (Å²) in [5, 5.41) is 2.51. The van der Waals surface area contributed by atoms with Gasteiger partial charge >= 0.3 is 0 Å². The summed E-state index contributed by atoms with van der Waals surface area (Å²) in [7, 11) is 0. The lowest BCUT2D eigenvalue weighted by molar-refractivity contribution is 0.353.